The summed E-state index contributed by atoms with van der Waals surface area (Å²) in [5, 5.41) is 0. The molecular formula is C6H16FeN2Si2+. The summed E-state index contributed by atoms with van der Waals surface area (Å²) in [5.74, 6) is 0. The van der Waals surface area contributed by atoms with Crippen LogP contribution in [0.2, 0.25) is 38.3 Å². The summed E-state index contributed by atoms with van der Waals surface area (Å²) in [6.07, 6.45) is 0. The van der Waals surface area contributed by atoms with Crippen LogP contribution in [0.3, 0.4) is 0 Å². The Morgan fingerprint density at radius 2 is 1.45 bits per heavy atom. The molecule has 2 nitrogen and oxygen atoms in total. The second-order valence-electron chi connectivity index (χ2n) is 4.51. The summed E-state index contributed by atoms with van der Waals surface area (Å²) in [6.45, 7) is 9.57. The van der Waals surface area contributed by atoms with Gasteiger partial charge < -0.3 is 0 Å². The predicted molar refractivity (Wildman–Crippen MR) is 49.8 cm³/mol. The Hall–Kier alpha value is 0.623. The van der Waals surface area contributed by atoms with Crippen LogP contribution in [0, 0.1) is 0 Å². The van der Waals surface area contributed by atoms with Gasteiger partial charge in [-0.1, -0.05) is 0 Å². The maximum absolute atomic E-state index is 4.20. The van der Waals surface area contributed by atoms with Crippen LogP contribution in [0.4, 0.5) is 0 Å². The molecule has 5 heteroatoms. The van der Waals surface area contributed by atoms with Crippen molar-refractivity contribution in [3.8, 4) is 0 Å². The Morgan fingerprint density at radius 1 is 1.09 bits per heavy atom. The molecule has 0 aromatic heterocycles. The van der Waals surface area contributed by atoms with Gasteiger partial charge in [-0.25, -0.2) is 0 Å². The molecule has 65 valence electrons. The van der Waals surface area contributed by atoms with Crippen molar-refractivity contribution in [3.05, 3.63) is 3.89 Å². The van der Waals surface area contributed by atoms with Gasteiger partial charge in [0.1, 0.15) is 0 Å². The van der Waals surface area contributed by atoms with Crippen LogP contribution >= 0.6 is 0 Å². The fourth-order valence-electron chi connectivity index (χ4n) is 1.83. The molecule has 0 aromatic rings. The summed E-state index contributed by atoms with van der Waals surface area (Å²) >= 11 is 3.68. The second-order valence-corrected chi connectivity index (χ2v) is 14.3. The van der Waals surface area contributed by atoms with Crippen molar-refractivity contribution in [1.29, 1.82) is 0 Å². The molecule has 0 amide bonds. The molecule has 1 heterocycles. The van der Waals surface area contributed by atoms with Crippen LogP contribution in [0.1, 0.15) is 0 Å². The minimum absolute atomic E-state index is 1.14. The van der Waals surface area contributed by atoms with E-state index in [1.807, 2.05) is 0 Å². The summed E-state index contributed by atoms with van der Waals surface area (Å²) < 4.78 is 6.60. The second kappa shape index (κ2) is 2.84. The Kier molecular flexibility index (Phi) is 2.50. The van der Waals surface area contributed by atoms with Crippen molar-refractivity contribution in [3.63, 3.8) is 0 Å². The van der Waals surface area contributed by atoms with Gasteiger partial charge in [0.15, 0.2) is 0 Å². The molecular weight excluding hydrogens is 212 g/mol. The van der Waals surface area contributed by atoms with Gasteiger partial charge in [0.2, 0.25) is 0 Å². The van der Waals surface area contributed by atoms with Gasteiger partial charge in [0.25, 0.3) is 0 Å². The Balaban J connectivity index is 2.91. The summed E-state index contributed by atoms with van der Waals surface area (Å²) in [5.41, 5.74) is 0. The Labute approximate surface area is 78.8 Å². The molecule has 0 radical (unpaired) electrons. The van der Waals surface area contributed by atoms with Crippen molar-refractivity contribution in [2.45, 2.75) is 38.3 Å². The fraction of sp³-hybridized carbons (Fsp3) is 1.00. The zero-order chi connectivity index (χ0) is 8.70. The van der Waals surface area contributed by atoms with E-state index in [-0.39, 0.29) is 0 Å². The average molecular weight is 228 g/mol. The van der Waals surface area contributed by atoms with E-state index in [2.05, 4.69) is 50.1 Å². The average Bonchev–Trinajstić information content (AvgIpc) is 2.03. The molecule has 11 heavy (non-hydrogen) atoms. The van der Waals surface area contributed by atoms with Crippen LogP contribution in [0.25, 0.3) is 3.89 Å². The fourth-order valence-corrected chi connectivity index (χ4v) is 16.6. The molecule has 1 saturated heterocycles. The molecule has 1 fully saturated rings. The van der Waals surface area contributed by atoms with E-state index in [0.29, 0.717) is 0 Å². The molecule has 1 rings (SSSR count). The van der Waals surface area contributed by atoms with E-state index in [0.717, 1.165) is 0 Å². The molecule has 0 aliphatic carbocycles. The molecule has 0 spiro atoms. The molecule has 1 aliphatic rings. The van der Waals surface area contributed by atoms with Gasteiger partial charge in [0.05, 0.1) is 0 Å². The van der Waals surface area contributed by atoms with Crippen LogP contribution in [-0.4, -0.2) is 20.8 Å². The van der Waals surface area contributed by atoms with E-state index < -0.39 is 16.5 Å². The number of rotatable bonds is 0. The van der Waals surface area contributed by atoms with Crippen LogP contribution in [0.5, 0.6) is 0 Å². The third-order valence-corrected chi connectivity index (χ3v) is 12.7. The molecule has 1 aliphatic heterocycles. The van der Waals surface area contributed by atoms with Crippen molar-refractivity contribution >= 4 is 16.5 Å². The van der Waals surface area contributed by atoms with Crippen LogP contribution < -0.4 is 0 Å². The van der Waals surface area contributed by atoms with Gasteiger partial charge in [-0.05, 0) is 0 Å². The molecule has 0 N–H and O–H groups in total. The molecule has 0 saturated carbocycles. The SMILES string of the molecule is C[Si]1(C)CC[Si](C)(C)N1[N+]#[Fe]. The first-order chi connectivity index (χ1) is 4.90. The first kappa shape index (κ1) is 9.71. The van der Waals surface area contributed by atoms with Crippen molar-refractivity contribution in [1.82, 2.24) is 4.34 Å². The van der Waals surface area contributed by atoms with Crippen molar-refractivity contribution in [2.24, 2.45) is 0 Å². The third-order valence-electron chi connectivity index (χ3n) is 2.57. The third kappa shape index (κ3) is 1.69. The summed E-state index contributed by atoms with van der Waals surface area (Å²) in [4.78, 5) is 0. The van der Waals surface area contributed by atoms with Crippen molar-refractivity contribution in [2.75, 3.05) is 0 Å². The number of hydrogen-bond donors (Lipinski definition) is 0. The molecule has 0 aromatic carbocycles. The number of hydrogen-bond acceptors (Lipinski definition) is 1. The van der Waals surface area contributed by atoms with Crippen LogP contribution in [-0.2, 0) is 15.6 Å². The van der Waals surface area contributed by atoms with Crippen molar-refractivity contribution < 1.29 is 15.6 Å². The monoisotopic (exact) mass is 228 g/mol. The van der Waals surface area contributed by atoms with Gasteiger partial charge in [-0.2, -0.15) is 0 Å². The zero-order valence-electron chi connectivity index (χ0n) is 7.66. The van der Waals surface area contributed by atoms with Gasteiger partial charge in [-0.15, -0.1) is 0 Å². The first-order valence-electron chi connectivity index (χ1n) is 4.01. The van der Waals surface area contributed by atoms with E-state index in [9.17, 15) is 0 Å². The topological polar surface area (TPSA) is 7.60 Å². The normalized spacial score (nSPS) is 28.4. The predicted octanol–water partition coefficient (Wildman–Crippen LogP) is 2.46. The quantitative estimate of drug-likeness (QED) is 0.578. The van der Waals surface area contributed by atoms with Gasteiger partial charge >= 0.3 is 78.6 Å². The standard InChI is InChI=1S/C6H16N2Si2.Fe/c1-9(2)5-6-10(3,4)8(9)7;/h5-6H2,1-4H3;/q+1;. The Bertz CT molecular complexity index is 193. The van der Waals surface area contributed by atoms with Gasteiger partial charge in [0, 0.05) is 0 Å². The van der Waals surface area contributed by atoms with E-state index in [1.54, 1.807) is 0 Å². The molecule has 0 atom stereocenters. The van der Waals surface area contributed by atoms with Crippen LogP contribution in [0.15, 0.2) is 0 Å². The Morgan fingerprint density at radius 3 is 1.64 bits per heavy atom. The zero-order valence-corrected chi connectivity index (χ0v) is 10.8. The summed E-state index contributed by atoms with van der Waals surface area (Å²) in [6, 6.07) is 2.82. The minimum atomic E-state index is -1.14. The first-order valence-corrected chi connectivity index (χ1v) is 10.8. The van der Waals surface area contributed by atoms with E-state index >= 15 is 0 Å². The maximum atomic E-state index is 4.20. The van der Waals surface area contributed by atoms with Gasteiger partial charge in [-0.3, -0.25) is 0 Å². The van der Waals surface area contributed by atoms with E-state index in [1.165, 1.54) is 12.1 Å². The summed E-state index contributed by atoms with van der Waals surface area (Å²) in [7, 11) is -2.28. The molecule has 0 unspecified atom stereocenters. The molecule has 0 bridgehead atoms. The number of nitrogens with zero attached hydrogens (tertiary/aromatic N) is 2. The van der Waals surface area contributed by atoms with E-state index in [4.69, 9.17) is 0 Å².